The van der Waals surface area contributed by atoms with Crippen molar-refractivity contribution in [2.24, 2.45) is 0 Å². The largest absolute Gasteiger partial charge is 0.493 e. The summed E-state index contributed by atoms with van der Waals surface area (Å²) in [7, 11) is 3.18. The highest BCUT2D eigenvalue weighted by Gasteiger charge is 2.09. The van der Waals surface area contributed by atoms with Crippen molar-refractivity contribution in [3.8, 4) is 23.0 Å². The summed E-state index contributed by atoms with van der Waals surface area (Å²) in [5.74, 6) is 1.94. The number of rotatable bonds is 22. The average molecular weight is 665 g/mol. The van der Waals surface area contributed by atoms with Gasteiger partial charge in [0.25, 0.3) is 0 Å². The van der Waals surface area contributed by atoms with Gasteiger partial charge in [-0.3, -0.25) is 9.59 Å². The first-order chi connectivity index (χ1) is 24.0. The first kappa shape index (κ1) is 36.6. The monoisotopic (exact) mass is 664 g/mol. The Morgan fingerprint density at radius 2 is 0.980 bits per heavy atom. The molecule has 2 aromatic heterocycles. The van der Waals surface area contributed by atoms with E-state index < -0.39 is 0 Å². The van der Waals surface area contributed by atoms with Gasteiger partial charge >= 0.3 is 0 Å². The number of unbranched alkanes of at least 4 members (excludes halogenated alkanes) is 4. The molecule has 2 heterocycles. The number of hydrogen-bond donors (Lipinski definition) is 0. The van der Waals surface area contributed by atoms with Gasteiger partial charge in [-0.15, -0.1) is 0 Å². The summed E-state index contributed by atoms with van der Waals surface area (Å²) in [6.45, 7) is 3.17. The van der Waals surface area contributed by atoms with Gasteiger partial charge in [-0.05, 0) is 73.2 Å². The van der Waals surface area contributed by atoms with E-state index in [4.69, 9.17) is 18.9 Å². The van der Waals surface area contributed by atoms with Crippen LogP contribution in [0.2, 0.25) is 0 Å². The van der Waals surface area contributed by atoms with Crippen LogP contribution in [0.4, 0.5) is 0 Å². The zero-order chi connectivity index (χ0) is 34.5. The first-order valence-electron chi connectivity index (χ1n) is 17.0. The number of carbonyl (C=O) groups excluding carboxylic acids is 2. The highest BCUT2D eigenvalue weighted by atomic mass is 16.5. The quantitative estimate of drug-likeness (QED) is 0.0389. The van der Waals surface area contributed by atoms with E-state index in [9.17, 15) is 9.59 Å². The first-order valence-corrected chi connectivity index (χ1v) is 17.0. The average Bonchev–Trinajstić information content (AvgIpc) is 3.14. The fourth-order valence-corrected chi connectivity index (χ4v) is 5.16. The molecular weight excluding hydrogens is 616 g/mol. The number of nitrogens with zero attached hydrogens (tertiary/aromatic N) is 2. The lowest BCUT2D eigenvalue weighted by Crippen LogP contribution is -2.32. The molecule has 4 rings (SSSR count). The molecule has 0 aliphatic rings. The number of hydrogen-bond acceptors (Lipinski definition) is 6. The lowest BCUT2D eigenvalue weighted by molar-refractivity contribution is -0.697. The molecule has 0 radical (unpaired) electrons. The third-order valence-electron chi connectivity index (χ3n) is 7.84. The van der Waals surface area contributed by atoms with Crippen molar-refractivity contribution < 1.29 is 37.7 Å². The number of aromatic nitrogens is 2. The smallest absolute Gasteiger partial charge is 0.168 e. The fourth-order valence-electron chi connectivity index (χ4n) is 5.16. The second kappa shape index (κ2) is 20.9. The molecule has 49 heavy (non-hydrogen) atoms. The minimum Gasteiger partial charge on any atom is -0.493 e. The summed E-state index contributed by atoms with van der Waals surface area (Å²) in [5.41, 5.74) is 1.56. The Morgan fingerprint density at radius 1 is 0.551 bits per heavy atom. The molecule has 0 aliphatic heterocycles. The highest BCUT2D eigenvalue weighted by molar-refractivity contribution is 6.10. The van der Waals surface area contributed by atoms with Crippen LogP contribution in [0, 0.1) is 0 Å². The molecule has 0 spiro atoms. The molecule has 0 saturated heterocycles. The van der Waals surface area contributed by atoms with E-state index in [-0.39, 0.29) is 18.0 Å². The molecular formula is C41H48N2O6+2. The molecule has 4 aromatic rings. The molecule has 8 heteroatoms. The van der Waals surface area contributed by atoms with Crippen molar-refractivity contribution in [2.75, 3.05) is 27.4 Å². The predicted octanol–water partition coefficient (Wildman–Crippen LogP) is 7.03. The van der Waals surface area contributed by atoms with E-state index in [0.717, 1.165) is 62.7 Å². The Balaban J connectivity index is 1.16. The third kappa shape index (κ3) is 13.4. The number of pyridine rings is 2. The summed E-state index contributed by atoms with van der Waals surface area (Å²) in [5, 5.41) is 0. The molecule has 8 nitrogen and oxygen atoms in total. The van der Waals surface area contributed by atoms with Crippen molar-refractivity contribution in [1.29, 1.82) is 0 Å². The molecule has 2 aromatic carbocycles. The Kier molecular flexibility index (Phi) is 15.6. The molecule has 0 atom stereocenters. The van der Waals surface area contributed by atoms with Crippen molar-refractivity contribution in [1.82, 2.24) is 0 Å². The maximum atomic E-state index is 12.5. The zero-order valence-corrected chi connectivity index (χ0v) is 28.7. The summed E-state index contributed by atoms with van der Waals surface area (Å²) in [4.78, 5) is 25.0. The number of carbonyl (C=O) groups is 2. The van der Waals surface area contributed by atoms with Gasteiger partial charge in [0.15, 0.2) is 59.4 Å². The maximum absolute atomic E-state index is 12.5. The Bertz CT molecular complexity index is 1530. The molecule has 0 saturated carbocycles. The highest BCUT2D eigenvalue weighted by Crippen LogP contribution is 2.30. The number of benzene rings is 2. The predicted molar refractivity (Wildman–Crippen MR) is 191 cm³/mol. The minimum absolute atomic E-state index is 0.227. The molecule has 0 fully saturated rings. The van der Waals surface area contributed by atoms with Crippen LogP contribution >= 0.6 is 0 Å². The molecule has 0 amide bonds. The van der Waals surface area contributed by atoms with Gasteiger partial charge < -0.3 is 18.9 Å². The van der Waals surface area contributed by atoms with Gasteiger partial charge in [0.2, 0.25) is 0 Å². The Hall–Kier alpha value is -5.24. The number of ketones is 2. The van der Waals surface area contributed by atoms with Crippen molar-refractivity contribution in [2.45, 2.75) is 58.0 Å². The molecule has 256 valence electrons. The van der Waals surface area contributed by atoms with Gasteiger partial charge in [0.1, 0.15) is 13.1 Å². The van der Waals surface area contributed by atoms with Gasteiger partial charge in [-0.2, -0.15) is 0 Å². The van der Waals surface area contributed by atoms with E-state index in [1.165, 1.54) is 12.2 Å². The molecule has 0 bridgehead atoms. The van der Waals surface area contributed by atoms with E-state index >= 15 is 0 Å². The zero-order valence-electron chi connectivity index (χ0n) is 28.7. The lowest BCUT2D eigenvalue weighted by atomic mass is 10.1. The third-order valence-corrected chi connectivity index (χ3v) is 7.84. The summed E-state index contributed by atoms with van der Waals surface area (Å²) < 4.78 is 27.3. The Morgan fingerprint density at radius 3 is 1.39 bits per heavy atom. The normalized spacial score (nSPS) is 11.1. The van der Waals surface area contributed by atoms with Crippen LogP contribution in [-0.2, 0) is 22.7 Å². The molecule has 0 aliphatic carbocycles. The van der Waals surface area contributed by atoms with Crippen molar-refractivity contribution >= 4 is 23.7 Å². The van der Waals surface area contributed by atoms with Crippen LogP contribution in [0.5, 0.6) is 23.0 Å². The van der Waals surface area contributed by atoms with Crippen LogP contribution in [0.1, 0.15) is 56.1 Å². The second-order valence-electron chi connectivity index (χ2n) is 11.6. The van der Waals surface area contributed by atoms with Crippen LogP contribution < -0.4 is 28.1 Å². The van der Waals surface area contributed by atoms with Crippen molar-refractivity contribution in [3.63, 3.8) is 0 Å². The molecule has 0 N–H and O–H groups in total. The number of methoxy groups -OCH3 is 2. The van der Waals surface area contributed by atoms with Gasteiger partial charge in [-0.1, -0.05) is 36.4 Å². The van der Waals surface area contributed by atoms with Crippen LogP contribution in [0.15, 0.2) is 110 Å². The van der Waals surface area contributed by atoms with E-state index in [1.807, 2.05) is 72.8 Å². The molecule has 0 unspecified atom stereocenters. The van der Waals surface area contributed by atoms with Crippen LogP contribution in [0.3, 0.4) is 0 Å². The maximum Gasteiger partial charge on any atom is 0.168 e. The van der Waals surface area contributed by atoms with Gasteiger partial charge in [-0.25, -0.2) is 9.13 Å². The van der Waals surface area contributed by atoms with Crippen molar-refractivity contribution in [3.05, 3.63) is 121 Å². The summed E-state index contributed by atoms with van der Waals surface area (Å²) in [6, 6.07) is 23.2. The summed E-state index contributed by atoms with van der Waals surface area (Å²) in [6.07, 6.45) is 20.4. The van der Waals surface area contributed by atoms with E-state index in [0.29, 0.717) is 36.2 Å². The SMILES string of the molecule is COc1cc(/C=C/C(=O)CC(=O)/C=C/c2ccc(OCCCCC[n+]3ccccc3)c(OC)c2)ccc1OCCCCC[n+]1ccccc1. The van der Waals surface area contributed by atoms with Crippen LogP contribution in [-0.4, -0.2) is 39.0 Å². The summed E-state index contributed by atoms with van der Waals surface area (Å²) >= 11 is 0. The van der Waals surface area contributed by atoms with Gasteiger partial charge in [0, 0.05) is 37.1 Å². The Labute approximate surface area is 290 Å². The van der Waals surface area contributed by atoms with Crippen LogP contribution in [0.25, 0.3) is 12.2 Å². The minimum atomic E-state index is -0.286. The second-order valence-corrected chi connectivity index (χ2v) is 11.6. The van der Waals surface area contributed by atoms with E-state index in [1.54, 1.807) is 26.4 Å². The number of aryl methyl sites for hydroxylation is 2. The topological polar surface area (TPSA) is 78.8 Å². The fraction of sp³-hybridized carbons (Fsp3) is 0.317. The number of ether oxygens (including phenoxy) is 4. The lowest BCUT2D eigenvalue weighted by Gasteiger charge is -2.11. The standard InChI is InChI=1S/C41H48N2O6/c1-46-40-31-34(17-21-38(40)48-29-13-5-11-27-42-23-7-3-8-24-42)15-19-36(44)33-37(45)20-16-35-18-22-39(41(32-35)47-2)49-30-14-6-12-28-43-25-9-4-10-26-43/h3-4,7-10,15-26,31-32H,5-6,11-14,27-30,33H2,1-2H3/q+2/b19-15+,20-16+. The van der Waals surface area contributed by atoms with Gasteiger partial charge in [0.05, 0.1) is 33.9 Å². The number of allylic oxidation sites excluding steroid dienone is 2. The van der Waals surface area contributed by atoms with E-state index in [2.05, 4.69) is 33.9 Å².